The van der Waals surface area contributed by atoms with Crippen LogP contribution in [-0.4, -0.2) is 65.3 Å². The van der Waals surface area contributed by atoms with Gasteiger partial charge in [-0.25, -0.2) is 9.67 Å². The molecule has 1 atom stereocenters. The average molecular weight is 454 g/mol. The van der Waals surface area contributed by atoms with Crippen molar-refractivity contribution in [2.75, 3.05) is 39.3 Å². The number of nitrogens with zero attached hydrogens (tertiary/aromatic N) is 6. The normalized spacial score (nSPS) is 15.7. The summed E-state index contributed by atoms with van der Waals surface area (Å²) in [5.74, 6) is 2.82. The van der Waals surface area contributed by atoms with Gasteiger partial charge in [-0.15, -0.1) is 10.2 Å². The summed E-state index contributed by atoms with van der Waals surface area (Å²) in [5, 5.41) is 15.6. The summed E-state index contributed by atoms with van der Waals surface area (Å²) in [6.45, 7) is 1.77. The van der Waals surface area contributed by atoms with Crippen LogP contribution < -0.4 is 24.4 Å². The zero-order valence-corrected chi connectivity index (χ0v) is 18.9. The van der Waals surface area contributed by atoms with Crippen LogP contribution in [0.25, 0.3) is 5.82 Å². The van der Waals surface area contributed by atoms with Crippen molar-refractivity contribution in [3.63, 3.8) is 0 Å². The molecule has 33 heavy (non-hydrogen) atoms. The molecular weight excluding hydrogens is 426 g/mol. The van der Waals surface area contributed by atoms with E-state index in [4.69, 9.17) is 14.2 Å². The summed E-state index contributed by atoms with van der Waals surface area (Å²) in [7, 11) is 4.69. The Morgan fingerprint density at radius 2 is 1.82 bits per heavy atom. The van der Waals surface area contributed by atoms with Crippen LogP contribution in [0.3, 0.4) is 0 Å². The molecule has 1 N–H and O–H groups in total. The van der Waals surface area contributed by atoms with E-state index in [2.05, 4.69) is 30.5 Å². The molecule has 4 rings (SSSR count). The van der Waals surface area contributed by atoms with Gasteiger partial charge in [0, 0.05) is 19.6 Å². The quantitative estimate of drug-likeness (QED) is 0.543. The maximum Gasteiger partial charge on any atom is 0.225 e. The van der Waals surface area contributed by atoms with Gasteiger partial charge in [0.25, 0.3) is 0 Å². The SMILES string of the molecule is COc1cc(CNC(=O)C2CCCN(c3ccc(-n4cncn4)nn3)C2)cc(OC)c1OC. The van der Waals surface area contributed by atoms with Gasteiger partial charge in [0.05, 0.1) is 27.2 Å². The van der Waals surface area contributed by atoms with Gasteiger partial charge in [-0.2, -0.15) is 5.10 Å². The van der Waals surface area contributed by atoms with E-state index < -0.39 is 0 Å². The highest BCUT2D eigenvalue weighted by Gasteiger charge is 2.27. The van der Waals surface area contributed by atoms with E-state index in [9.17, 15) is 4.79 Å². The second-order valence-corrected chi connectivity index (χ2v) is 7.63. The van der Waals surface area contributed by atoms with Crippen LogP contribution >= 0.6 is 0 Å². The topological polar surface area (TPSA) is 117 Å². The lowest BCUT2D eigenvalue weighted by atomic mass is 9.97. The van der Waals surface area contributed by atoms with Crippen LogP contribution in [0.5, 0.6) is 17.2 Å². The number of nitrogens with one attached hydrogen (secondary N) is 1. The standard InChI is InChI=1S/C22H27N7O4/c1-31-17-9-15(10-18(32-2)21(17)33-3)11-24-22(30)16-5-4-8-28(12-16)19-6-7-20(27-26-19)29-14-23-13-25-29/h6-7,9-10,13-14,16H,4-5,8,11-12H2,1-3H3,(H,24,30). The zero-order chi connectivity index (χ0) is 23.2. The summed E-state index contributed by atoms with van der Waals surface area (Å²) in [6.07, 6.45) is 4.73. The third-order valence-corrected chi connectivity index (χ3v) is 5.60. The molecule has 174 valence electrons. The molecule has 0 saturated carbocycles. The van der Waals surface area contributed by atoms with Crippen molar-refractivity contribution >= 4 is 11.7 Å². The first kappa shape index (κ1) is 22.3. The second-order valence-electron chi connectivity index (χ2n) is 7.63. The van der Waals surface area contributed by atoms with Crippen molar-refractivity contribution in [3.05, 3.63) is 42.5 Å². The fourth-order valence-electron chi connectivity index (χ4n) is 3.91. The number of benzene rings is 1. The molecule has 1 unspecified atom stereocenters. The van der Waals surface area contributed by atoms with Gasteiger partial charge in [-0.1, -0.05) is 0 Å². The summed E-state index contributed by atoms with van der Waals surface area (Å²) in [5.41, 5.74) is 0.861. The first-order valence-electron chi connectivity index (χ1n) is 10.6. The molecule has 0 radical (unpaired) electrons. The third-order valence-electron chi connectivity index (χ3n) is 5.60. The Hall–Kier alpha value is -3.89. The predicted octanol–water partition coefficient (Wildman–Crippen LogP) is 1.62. The van der Waals surface area contributed by atoms with Crippen LogP contribution in [0.2, 0.25) is 0 Å². The van der Waals surface area contributed by atoms with E-state index in [1.807, 2.05) is 24.3 Å². The minimum absolute atomic E-state index is 0.000599. The van der Waals surface area contributed by atoms with Crippen molar-refractivity contribution in [1.82, 2.24) is 30.3 Å². The molecular formula is C22H27N7O4. The predicted molar refractivity (Wildman–Crippen MR) is 120 cm³/mol. The molecule has 0 bridgehead atoms. The highest BCUT2D eigenvalue weighted by atomic mass is 16.5. The fourth-order valence-corrected chi connectivity index (χ4v) is 3.91. The lowest BCUT2D eigenvalue weighted by Crippen LogP contribution is -2.43. The van der Waals surface area contributed by atoms with Gasteiger partial charge in [-0.05, 0) is 42.7 Å². The Balaban J connectivity index is 1.38. The van der Waals surface area contributed by atoms with Crippen molar-refractivity contribution in [2.45, 2.75) is 19.4 Å². The first-order chi connectivity index (χ1) is 16.1. The highest BCUT2D eigenvalue weighted by molar-refractivity contribution is 5.79. The van der Waals surface area contributed by atoms with Gasteiger partial charge in [0.15, 0.2) is 23.1 Å². The Morgan fingerprint density at radius 3 is 2.42 bits per heavy atom. The van der Waals surface area contributed by atoms with Crippen LogP contribution in [0.4, 0.5) is 5.82 Å². The summed E-state index contributed by atoms with van der Waals surface area (Å²) >= 11 is 0. The molecule has 11 nitrogen and oxygen atoms in total. The molecule has 1 aliphatic heterocycles. The molecule has 1 saturated heterocycles. The zero-order valence-electron chi connectivity index (χ0n) is 18.9. The largest absolute Gasteiger partial charge is 0.493 e. The number of amides is 1. The number of rotatable bonds is 8. The number of aromatic nitrogens is 5. The second kappa shape index (κ2) is 10.2. The van der Waals surface area contributed by atoms with Crippen molar-refractivity contribution in [3.8, 4) is 23.1 Å². The smallest absolute Gasteiger partial charge is 0.225 e. The summed E-state index contributed by atoms with van der Waals surface area (Å²) < 4.78 is 17.7. The molecule has 1 aromatic carbocycles. The van der Waals surface area contributed by atoms with Gasteiger partial charge in [-0.3, -0.25) is 4.79 Å². The van der Waals surface area contributed by atoms with E-state index in [1.165, 1.54) is 6.33 Å². The number of hydrogen-bond acceptors (Lipinski definition) is 9. The van der Waals surface area contributed by atoms with Crippen molar-refractivity contribution in [2.24, 2.45) is 5.92 Å². The van der Waals surface area contributed by atoms with Crippen molar-refractivity contribution in [1.29, 1.82) is 0 Å². The first-order valence-corrected chi connectivity index (χ1v) is 10.6. The Labute approximate surface area is 191 Å². The molecule has 1 fully saturated rings. The Morgan fingerprint density at radius 1 is 1.09 bits per heavy atom. The monoisotopic (exact) mass is 453 g/mol. The van der Waals surface area contributed by atoms with E-state index in [-0.39, 0.29) is 11.8 Å². The van der Waals surface area contributed by atoms with Gasteiger partial charge >= 0.3 is 0 Å². The molecule has 0 spiro atoms. The molecule has 3 aromatic rings. The number of ether oxygens (including phenoxy) is 3. The van der Waals surface area contributed by atoms with E-state index in [1.54, 1.807) is 32.3 Å². The van der Waals surface area contributed by atoms with E-state index in [0.717, 1.165) is 30.8 Å². The number of methoxy groups -OCH3 is 3. The number of hydrogen-bond donors (Lipinski definition) is 1. The highest BCUT2D eigenvalue weighted by Crippen LogP contribution is 2.38. The minimum Gasteiger partial charge on any atom is -0.493 e. The molecule has 1 aliphatic rings. The summed E-state index contributed by atoms with van der Waals surface area (Å²) in [4.78, 5) is 18.9. The van der Waals surface area contributed by atoms with Gasteiger partial charge < -0.3 is 24.4 Å². The lowest BCUT2D eigenvalue weighted by molar-refractivity contribution is -0.125. The molecule has 1 amide bonds. The van der Waals surface area contributed by atoms with Crippen LogP contribution in [0, 0.1) is 5.92 Å². The number of anilines is 1. The number of carbonyl (C=O) groups excluding carboxylic acids is 1. The maximum absolute atomic E-state index is 12.9. The lowest BCUT2D eigenvalue weighted by Gasteiger charge is -2.32. The van der Waals surface area contributed by atoms with Crippen LogP contribution in [-0.2, 0) is 11.3 Å². The maximum atomic E-state index is 12.9. The summed E-state index contributed by atoms with van der Waals surface area (Å²) in [6, 6.07) is 7.40. The molecule has 11 heteroatoms. The number of carbonyl (C=O) groups is 1. The van der Waals surface area contributed by atoms with Gasteiger partial charge in [0.1, 0.15) is 12.7 Å². The fraction of sp³-hybridized carbons (Fsp3) is 0.409. The number of piperidine rings is 1. The van der Waals surface area contributed by atoms with Crippen molar-refractivity contribution < 1.29 is 19.0 Å². The van der Waals surface area contributed by atoms with E-state index >= 15 is 0 Å². The van der Waals surface area contributed by atoms with Crippen LogP contribution in [0.15, 0.2) is 36.9 Å². The Kier molecular flexibility index (Phi) is 6.86. The molecule has 2 aromatic heterocycles. The Bertz CT molecular complexity index is 1050. The minimum atomic E-state index is -0.141. The third kappa shape index (κ3) is 4.97. The molecule has 0 aliphatic carbocycles. The van der Waals surface area contributed by atoms with E-state index in [0.29, 0.717) is 36.2 Å². The van der Waals surface area contributed by atoms with Crippen LogP contribution in [0.1, 0.15) is 18.4 Å². The molecule has 3 heterocycles. The van der Waals surface area contributed by atoms with Gasteiger partial charge in [0.2, 0.25) is 11.7 Å². The average Bonchev–Trinajstić information content (AvgIpc) is 3.42.